The van der Waals surface area contributed by atoms with Gasteiger partial charge in [0.15, 0.2) is 0 Å². The van der Waals surface area contributed by atoms with Crippen LogP contribution in [0, 0.1) is 6.92 Å². The van der Waals surface area contributed by atoms with Crippen LogP contribution in [0.3, 0.4) is 0 Å². The number of rotatable bonds is 4. The van der Waals surface area contributed by atoms with E-state index in [9.17, 15) is 0 Å². The molecule has 0 unspecified atom stereocenters. The first kappa shape index (κ1) is 12.3. The fourth-order valence-corrected chi connectivity index (χ4v) is 1.64. The molecule has 0 aliphatic carbocycles. The second kappa shape index (κ2) is 5.45. The molecule has 0 radical (unpaired) electrons. The van der Waals surface area contributed by atoms with E-state index in [0.29, 0.717) is 6.54 Å². The minimum atomic E-state index is 0.710. The van der Waals surface area contributed by atoms with Crippen LogP contribution >= 0.6 is 0 Å². The summed E-state index contributed by atoms with van der Waals surface area (Å²) in [5.74, 6) is 0. The quantitative estimate of drug-likeness (QED) is 0.888. The van der Waals surface area contributed by atoms with E-state index in [1.165, 1.54) is 0 Å². The summed E-state index contributed by atoms with van der Waals surface area (Å²) in [5, 5.41) is 3.38. The van der Waals surface area contributed by atoms with Crippen molar-refractivity contribution in [1.29, 1.82) is 0 Å². The van der Waals surface area contributed by atoms with E-state index in [1.54, 1.807) is 6.20 Å². The Labute approximate surface area is 108 Å². The smallest absolute Gasteiger partial charge is 0.0673 e. The van der Waals surface area contributed by atoms with Gasteiger partial charge in [-0.2, -0.15) is 0 Å². The molecular weight excluding hydrogens is 222 g/mol. The molecular formula is C15H17N3. The summed E-state index contributed by atoms with van der Waals surface area (Å²) in [4.78, 5) is 8.62. The summed E-state index contributed by atoms with van der Waals surface area (Å²) in [7, 11) is 0. The van der Waals surface area contributed by atoms with E-state index in [0.717, 1.165) is 28.2 Å². The summed E-state index contributed by atoms with van der Waals surface area (Å²) in [6.45, 7) is 8.62. The number of hydrogen-bond acceptors (Lipinski definition) is 3. The van der Waals surface area contributed by atoms with Crippen LogP contribution in [0.25, 0.3) is 5.57 Å². The van der Waals surface area contributed by atoms with Crippen molar-refractivity contribution in [2.45, 2.75) is 20.4 Å². The second-order valence-electron chi connectivity index (χ2n) is 4.34. The van der Waals surface area contributed by atoms with Gasteiger partial charge in [0, 0.05) is 18.1 Å². The third-order valence-electron chi connectivity index (χ3n) is 2.73. The van der Waals surface area contributed by atoms with Crippen molar-refractivity contribution in [3.8, 4) is 0 Å². The van der Waals surface area contributed by atoms with Crippen molar-refractivity contribution >= 4 is 11.3 Å². The van der Waals surface area contributed by atoms with Gasteiger partial charge in [-0.15, -0.1) is 0 Å². The Morgan fingerprint density at radius 2 is 2.17 bits per heavy atom. The maximum absolute atomic E-state index is 4.34. The van der Waals surface area contributed by atoms with Crippen molar-refractivity contribution in [1.82, 2.24) is 9.97 Å². The predicted octanol–water partition coefficient (Wildman–Crippen LogP) is 3.43. The van der Waals surface area contributed by atoms with Gasteiger partial charge in [0.2, 0.25) is 0 Å². The largest absolute Gasteiger partial charge is 0.379 e. The maximum atomic E-state index is 4.34. The molecule has 0 bridgehead atoms. The van der Waals surface area contributed by atoms with Crippen LogP contribution in [0.4, 0.5) is 5.69 Å². The van der Waals surface area contributed by atoms with E-state index in [1.807, 2.05) is 44.3 Å². The fourth-order valence-electron chi connectivity index (χ4n) is 1.64. The molecule has 0 atom stereocenters. The highest BCUT2D eigenvalue weighted by Crippen LogP contribution is 2.19. The zero-order valence-corrected chi connectivity index (χ0v) is 10.8. The van der Waals surface area contributed by atoms with E-state index in [2.05, 4.69) is 21.9 Å². The van der Waals surface area contributed by atoms with Crippen LogP contribution in [-0.4, -0.2) is 9.97 Å². The standard InChI is InChI=1S/C15H17N3/c1-11(2)14-8-15(12(3)9-17-14)18-10-13-6-4-5-7-16-13/h4-9H,1,10H2,2-3H3,(H,17,18). The summed E-state index contributed by atoms with van der Waals surface area (Å²) in [6, 6.07) is 7.94. The number of pyridine rings is 2. The van der Waals surface area contributed by atoms with Crippen molar-refractivity contribution in [3.05, 3.63) is 60.2 Å². The Kier molecular flexibility index (Phi) is 3.72. The average Bonchev–Trinajstić information content (AvgIpc) is 2.38. The van der Waals surface area contributed by atoms with Crippen LogP contribution in [0.2, 0.25) is 0 Å². The predicted molar refractivity (Wildman–Crippen MR) is 75.2 cm³/mol. The molecule has 2 aromatic rings. The van der Waals surface area contributed by atoms with Gasteiger partial charge < -0.3 is 5.32 Å². The molecule has 0 amide bonds. The monoisotopic (exact) mass is 239 g/mol. The highest BCUT2D eigenvalue weighted by molar-refractivity contribution is 5.63. The van der Waals surface area contributed by atoms with Crippen LogP contribution in [-0.2, 0) is 6.54 Å². The molecule has 3 nitrogen and oxygen atoms in total. The van der Waals surface area contributed by atoms with E-state index in [-0.39, 0.29) is 0 Å². The average molecular weight is 239 g/mol. The van der Waals surface area contributed by atoms with Crippen molar-refractivity contribution in [2.75, 3.05) is 5.32 Å². The van der Waals surface area contributed by atoms with Crippen molar-refractivity contribution < 1.29 is 0 Å². The summed E-state index contributed by atoms with van der Waals surface area (Å²) >= 11 is 0. The SMILES string of the molecule is C=C(C)c1cc(NCc2ccccn2)c(C)cn1. The first-order valence-corrected chi connectivity index (χ1v) is 5.93. The molecule has 0 saturated carbocycles. The molecule has 0 aromatic carbocycles. The zero-order valence-electron chi connectivity index (χ0n) is 10.8. The van der Waals surface area contributed by atoms with Crippen molar-refractivity contribution in [2.24, 2.45) is 0 Å². The number of hydrogen-bond donors (Lipinski definition) is 1. The van der Waals surface area contributed by atoms with Crippen LogP contribution in [0.1, 0.15) is 23.9 Å². The normalized spacial score (nSPS) is 10.1. The molecule has 0 saturated heterocycles. The third kappa shape index (κ3) is 2.94. The lowest BCUT2D eigenvalue weighted by atomic mass is 10.1. The molecule has 2 aromatic heterocycles. The molecule has 2 rings (SSSR count). The topological polar surface area (TPSA) is 37.8 Å². The number of nitrogens with one attached hydrogen (secondary N) is 1. The molecule has 2 heterocycles. The Morgan fingerprint density at radius 1 is 1.33 bits per heavy atom. The fraction of sp³-hybridized carbons (Fsp3) is 0.200. The lowest BCUT2D eigenvalue weighted by Crippen LogP contribution is -2.03. The first-order valence-electron chi connectivity index (χ1n) is 5.93. The minimum Gasteiger partial charge on any atom is -0.379 e. The number of allylic oxidation sites excluding steroid dienone is 1. The summed E-state index contributed by atoms with van der Waals surface area (Å²) < 4.78 is 0. The van der Waals surface area contributed by atoms with Crippen LogP contribution in [0.5, 0.6) is 0 Å². The molecule has 92 valence electrons. The van der Waals surface area contributed by atoms with Gasteiger partial charge >= 0.3 is 0 Å². The maximum Gasteiger partial charge on any atom is 0.0673 e. The lowest BCUT2D eigenvalue weighted by Gasteiger charge is -2.10. The molecule has 0 spiro atoms. The summed E-state index contributed by atoms with van der Waals surface area (Å²) in [6.07, 6.45) is 3.67. The van der Waals surface area contributed by atoms with Gasteiger partial charge in [-0.3, -0.25) is 9.97 Å². The second-order valence-corrected chi connectivity index (χ2v) is 4.34. The van der Waals surface area contributed by atoms with Crippen molar-refractivity contribution in [3.63, 3.8) is 0 Å². The van der Waals surface area contributed by atoms with Gasteiger partial charge in [-0.05, 0) is 43.2 Å². The number of anilines is 1. The number of aromatic nitrogens is 2. The van der Waals surface area contributed by atoms with E-state index >= 15 is 0 Å². The third-order valence-corrected chi connectivity index (χ3v) is 2.73. The molecule has 0 aliphatic heterocycles. The van der Waals surface area contributed by atoms with Gasteiger partial charge in [-0.1, -0.05) is 12.6 Å². The lowest BCUT2D eigenvalue weighted by molar-refractivity contribution is 1.04. The Morgan fingerprint density at radius 3 is 2.83 bits per heavy atom. The van der Waals surface area contributed by atoms with Gasteiger partial charge in [0.05, 0.1) is 17.9 Å². The highest BCUT2D eigenvalue weighted by atomic mass is 14.9. The minimum absolute atomic E-state index is 0.710. The Hall–Kier alpha value is -2.16. The van der Waals surface area contributed by atoms with Crippen LogP contribution < -0.4 is 5.32 Å². The number of nitrogens with zero attached hydrogens (tertiary/aromatic N) is 2. The molecule has 1 N–H and O–H groups in total. The molecule has 0 fully saturated rings. The highest BCUT2D eigenvalue weighted by Gasteiger charge is 2.02. The molecule has 0 aliphatic rings. The first-order chi connectivity index (χ1) is 8.66. The van der Waals surface area contributed by atoms with Gasteiger partial charge in [0.25, 0.3) is 0 Å². The molecule has 3 heteroatoms. The molecule has 18 heavy (non-hydrogen) atoms. The van der Waals surface area contributed by atoms with E-state index in [4.69, 9.17) is 0 Å². The van der Waals surface area contributed by atoms with Crippen LogP contribution in [0.15, 0.2) is 43.2 Å². The van der Waals surface area contributed by atoms with Gasteiger partial charge in [-0.25, -0.2) is 0 Å². The number of aryl methyl sites for hydroxylation is 1. The Bertz CT molecular complexity index is 547. The van der Waals surface area contributed by atoms with Gasteiger partial charge in [0.1, 0.15) is 0 Å². The zero-order chi connectivity index (χ0) is 13.0. The Balaban J connectivity index is 2.14. The van der Waals surface area contributed by atoms with E-state index < -0.39 is 0 Å². The summed E-state index contributed by atoms with van der Waals surface area (Å²) in [5.41, 5.74) is 5.11.